The summed E-state index contributed by atoms with van der Waals surface area (Å²) in [6, 6.07) is 0.722. The number of carbonyl (C=O) groups excluding carboxylic acids is 1. The van der Waals surface area contributed by atoms with Crippen LogP contribution < -0.4 is 4.90 Å². The van der Waals surface area contributed by atoms with Crippen molar-refractivity contribution < 1.29 is 50.7 Å². The molecule has 1 N–H and O–H groups in total. The van der Waals surface area contributed by atoms with Gasteiger partial charge in [0.05, 0.1) is 11.5 Å². The highest BCUT2D eigenvalue weighted by Crippen LogP contribution is 2.41. The Kier molecular flexibility index (Phi) is 6.56. The van der Waals surface area contributed by atoms with Gasteiger partial charge >= 0.3 is 18.4 Å². The second kappa shape index (κ2) is 8.81. The molecule has 1 aromatic rings. The van der Waals surface area contributed by atoms with E-state index in [0.717, 1.165) is 15.9 Å². The molecule has 188 valence electrons. The highest BCUT2D eigenvalue weighted by Gasteiger charge is 2.53. The van der Waals surface area contributed by atoms with Gasteiger partial charge in [0.1, 0.15) is 5.56 Å². The summed E-state index contributed by atoms with van der Waals surface area (Å²) in [6.45, 7) is 0.424. The molecule has 2 heterocycles. The Bertz CT molecular complexity index is 987. The summed E-state index contributed by atoms with van der Waals surface area (Å²) < 4.78 is 85.7. The van der Waals surface area contributed by atoms with Crippen molar-refractivity contribution in [3.05, 3.63) is 33.9 Å². The largest absolute Gasteiger partial charge is 0.465 e. The number of carboxylic acid groups (broad SMARTS) is 1. The van der Waals surface area contributed by atoms with Crippen molar-refractivity contribution in [2.75, 3.05) is 31.1 Å². The average Bonchev–Trinajstić information content (AvgIpc) is 3.17. The Morgan fingerprint density at radius 1 is 1.15 bits per heavy atom. The lowest BCUT2D eigenvalue weighted by Crippen LogP contribution is -2.57. The summed E-state index contributed by atoms with van der Waals surface area (Å²) in [6.07, 6.45) is -16.0. The van der Waals surface area contributed by atoms with Crippen molar-refractivity contribution in [3.8, 4) is 0 Å². The quantitative estimate of drug-likeness (QED) is 0.386. The van der Waals surface area contributed by atoms with Gasteiger partial charge in [0.15, 0.2) is 6.10 Å². The molecule has 2 aliphatic rings. The average molecular weight is 500 g/mol. The normalized spacial score (nSPS) is 23.9. The molecule has 2 fully saturated rings. The first-order chi connectivity index (χ1) is 15.6. The molecular weight excluding hydrogens is 482 g/mol. The number of halogens is 6. The van der Waals surface area contributed by atoms with Crippen molar-refractivity contribution in [2.45, 2.75) is 37.7 Å². The third kappa shape index (κ3) is 4.95. The monoisotopic (exact) mass is 500 g/mol. The molecule has 2 saturated heterocycles. The number of piperazine rings is 1. The molecule has 1 aromatic carbocycles. The van der Waals surface area contributed by atoms with Gasteiger partial charge in [-0.2, -0.15) is 26.3 Å². The highest BCUT2D eigenvalue weighted by molar-refractivity contribution is 5.83. The molecule has 0 aliphatic carbocycles. The number of ether oxygens (including phenoxy) is 1. The van der Waals surface area contributed by atoms with E-state index >= 15 is 0 Å². The molecule has 10 nitrogen and oxygen atoms in total. The number of hydrogen-bond acceptors (Lipinski definition) is 6. The summed E-state index contributed by atoms with van der Waals surface area (Å²) >= 11 is 0. The summed E-state index contributed by atoms with van der Waals surface area (Å²) in [5.74, 6) is -0.883. The standard InChI is InChI=1S/C18H18F6N4O6/c1-9-7-25(4-5-26(9)16(30)31)14(29)13-8-27(15(34-13)18(22,23)24)10-2-3-12(28(32)33)11(6-10)17(19,20)21/h2-3,6,9,13,15H,4-5,7-8H2,1H3,(H,30,31)/t9?,13-,15+/m0/s1. The zero-order chi connectivity index (χ0) is 25.6. The molecule has 2 aliphatic heterocycles. The number of nitro groups is 1. The number of hydrogen-bond donors (Lipinski definition) is 1. The van der Waals surface area contributed by atoms with Gasteiger partial charge in [-0.15, -0.1) is 0 Å². The predicted octanol–water partition coefficient (Wildman–Crippen LogP) is 2.92. The minimum Gasteiger partial charge on any atom is -0.465 e. The van der Waals surface area contributed by atoms with Crippen molar-refractivity contribution in [1.82, 2.24) is 9.80 Å². The van der Waals surface area contributed by atoms with Gasteiger partial charge in [-0.3, -0.25) is 14.9 Å². The molecule has 2 amide bonds. The number of anilines is 1. The number of rotatable bonds is 3. The number of amides is 2. The van der Waals surface area contributed by atoms with E-state index in [2.05, 4.69) is 0 Å². The number of nitrogens with zero attached hydrogens (tertiary/aromatic N) is 4. The molecule has 3 atom stereocenters. The van der Waals surface area contributed by atoms with Crippen LogP contribution in [0.15, 0.2) is 18.2 Å². The Morgan fingerprint density at radius 2 is 1.79 bits per heavy atom. The number of nitro benzene ring substituents is 1. The summed E-state index contributed by atoms with van der Waals surface area (Å²) in [4.78, 5) is 36.2. The Morgan fingerprint density at radius 3 is 2.29 bits per heavy atom. The van der Waals surface area contributed by atoms with Gasteiger partial charge in [-0.05, 0) is 19.1 Å². The highest BCUT2D eigenvalue weighted by atomic mass is 19.4. The first-order valence-electron chi connectivity index (χ1n) is 9.74. The SMILES string of the molecule is CC1CN(C(=O)[C@@H]2CN(c3ccc([N+](=O)[O-])c(C(F)(F)F)c3)[C@@H](C(F)(F)F)O2)CCN1C(=O)O. The fourth-order valence-corrected chi connectivity index (χ4v) is 3.91. The van der Waals surface area contributed by atoms with Crippen LogP contribution in [0.1, 0.15) is 12.5 Å². The van der Waals surface area contributed by atoms with Gasteiger partial charge in [0.25, 0.3) is 11.6 Å². The van der Waals surface area contributed by atoms with Gasteiger partial charge in [-0.1, -0.05) is 0 Å². The summed E-state index contributed by atoms with van der Waals surface area (Å²) in [5.41, 5.74) is -3.75. The lowest BCUT2D eigenvalue weighted by molar-refractivity contribution is -0.388. The molecular formula is C18H18F6N4O6. The second-order valence-corrected chi connectivity index (χ2v) is 7.74. The molecule has 0 aromatic heterocycles. The van der Waals surface area contributed by atoms with Crippen LogP contribution in [0.5, 0.6) is 0 Å². The Hall–Kier alpha value is -3.30. The van der Waals surface area contributed by atoms with Crippen LogP contribution in [0.3, 0.4) is 0 Å². The maximum absolute atomic E-state index is 13.6. The van der Waals surface area contributed by atoms with E-state index in [1.54, 1.807) is 0 Å². The van der Waals surface area contributed by atoms with Crippen LogP contribution >= 0.6 is 0 Å². The van der Waals surface area contributed by atoms with Gasteiger partial charge in [0.2, 0.25) is 6.23 Å². The molecule has 34 heavy (non-hydrogen) atoms. The maximum atomic E-state index is 13.6. The number of benzene rings is 1. The molecule has 0 spiro atoms. The second-order valence-electron chi connectivity index (χ2n) is 7.74. The zero-order valence-electron chi connectivity index (χ0n) is 17.3. The predicted molar refractivity (Wildman–Crippen MR) is 101 cm³/mol. The van der Waals surface area contributed by atoms with E-state index in [4.69, 9.17) is 9.84 Å². The maximum Gasteiger partial charge on any atom is 0.433 e. The van der Waals surface area contributed by atoms with Crippen molar-refractivity contribution in [2.24, 2.45) is 0 Å². The third-order valence-corrected chi connectivity index (χ3v) is 5.49. The molecule has 0 saturated carbocycles. The van der Waals surface area contributed by atoms with E-state index in [0.29, 0.717) is 11.0 Å². The fourth-order valence-electron chi connectivity index (χ4n) is 3.91. The van der Waals surface area contributed by atoms with Crippen molar-refractivity contribution >= 4 is 23.4 Å². The fraction of sp³-hybridized carbons (Fsp3) is 0.556. The first kappa shape index (κ1) is 25.3. The van der Waals surface area contributed by atoms with E-state index in [9.17, 15) is 46.0 Å². The summed E-state index contributed by atoms with van der Waals surface area (Å²) in [5, 5.41) is 20.0. The van der Waals surface area contributed by atoms with Crippen LogP contribution in [0.4, 0.5) is 42.5 Å². The smallest absolute Gasteiger partial charge is 0.433 e. The van der Waals surface area contributed by atoms with Crippen LogP contribution in [0.2, 0.25) is 0 Å². The molecule has 0 bridgehead atoms. The topological polar surface area (TPSA) is 116 Å². The first-order valence-corrected chi connectivity index (χ1v) is 9.74. The molecule has 1 unspecified atom stereocenters. The Labute approximate surface area is 187 Å². The molecule has 3 rings (SSSR count). The molecule has 16 heteroatoms. The van der Waals surface area contributed by atoms with E-state index in [-0.39, 0.29) is 25.7 Å². The van der Waals surface area contributed by atoms with E-state index in [1.807, 2.05) is 0 Å². The minimum absolute atomic E-state index is 0.0847. The zero-order valence-corrected chi connectivity index (χ0v) is 17.3. The van der Waals surface area contributed by atoms with Crippen LogP contribution in [0, 0.1) is 10.1 Å². The number of carbonyl (C=O) groups is 2. The van der Waals surface area contributed by atoms with E-state index in [1.165, 1.54) is 6.92 Å². The lowest BCUT2D eigenvalue weighted by Gasteiger charge is -2.38. The van der Waals surface area contributed by atoms with E-state index < -0.39 is 71.1 Å². The van der Waals surface area contributed by atoms with Gasteiger partial charge in [0, 0.05) is 37.4 Å². The molecule has 0 radical (unpaired) electrons. The van der Waals surface area contributed by atoms with Crippen molar-refractivity contribution in [1.29, 1.82) is 0 Å². The Balaban J connectivity index is 1.89. The van der Waals surface area contributed by atoms with Crippen LogP contribution in [-0.2, 0) is 15.7 Å². The summed E-state index contributed by atoms with van der Waals surface area (Å²) in [7, 11) is 0. The van der Waals surface area contributed by atoms with Gasteiger partial charge < -0.3 is 24.5 Å². The van der Waals surface area contributed by atoms with Crippen molar-refractivity contribution in [3.63, 3.8) is 0 Å². The third-order valence-electron chi connectivity index (χ3n) is 5.49. The minimum atomic E-state index is -5.22. The van der Waals surface area contributed by atoms with Crippen LogP contribution in [-0.4, -0.2) is 82.6 Å². The number of alkyl halides is 6. The van der Waals surface area contributed by atoms with Gasteiger partial charge in [-0.25, -0.2) is 4.79 Å². The van der Waals surface area contributed by atoms with Crippen LogP contribution in [0.25, 0.3) is 0 Å². The lowest BCUT2D eigenvalue weighted by atomic mass is 10.1.